The molecule has 3 aromatic heterocycles. The number of nitriles is 1. The van der Waals surface area contributed by atoms with Crippen molar-refractivity contribution in [2.24, 2.45) is 7.05 Å². The number of piperidine rings is 1. The van der Waals surface area contributed by atoms with E-state index in [2.05, 4.69) is 27.7 Å². The number of aryl methyl sites for hydroxylation is 1. The lowest BCUT2D eigenvalue weighted by molar-refractivity contribution is 0.578. The molecule has 0 N–H and O–H groups in total. The number of fused-ring (bicyclic) bond motifs is 2. The Balaban J connectivity index is 1.62. The Morgan fingerprint density at radius 2 is 1.85 bits per heavy atom. The van der Waals surface area contributed by atoms with Crippen molar-refractivity contribution >= 4 is 27.8 Å². The summed E-state index contributed by atoms with van der Waals surface area (Å²) in [6, 6.07) is 16.9. The van der Waals surface area contributed by atoms with Crippen molar-refractivity contribution in [2.75, 3.05) is 18.0 Å². The Hall–Kier alpha value is -4.18. The maximum Gasteiger partial charge on any atom is 0.167 e. The molecule has 1 aliphatic heterocycles. The maximum atomic E-state index is 14.6. The van der Waals surface area contributed by atoms with Crippen LogP contribution < -0.4 is 4.90 Å². The minimum atomic E-state index is -0.554. The van der Waals surface area contributed by atoms with Gasteiger partial charge in [-0.1, -0.05) is 0 Å². The molecular weight excluding hydrogens is 427 g/mol. The second-order valence-corrected chi connectivity index (χ2v) is 8.80. The summed E-state index contributed by atoms with van der Waals surface area (Å²) in [5.41, 5.74) is 5.25. The van der Waals surface area contributed by atoms with E-state index in [0.717, 1.165) is 59.4 Å². The van der Waals surface area contributed by atoms with Crippen molar-refractivity contribution < 1.29 is 4.39 Å². The van der Waals surface area contributed by atoms with Gasteiger partial charge in [0.25, 0.3) is 0 Å². The highest BCUT2D eigenvalue weighted by Gasteiger charge is 2.22. The van der Waals surface area contributed by atoms with Crippen LogP contribution in [0, 0.1) is 17.1 Å². The third-order valence-corrected chi connectivity index (χ3v) is 6.70. The SMILES string of the molecule is Cn1ccc2cc(-n3c(-c4ccc(C#N)c(F)c4)nc4c(N5CCCCC5)ccnc43)ccc21. The van der Waals surface area contributed by atoms with E-state index >= 15 is 0 Å². The largest absolute Gasteiger partial charge is 0.370 e. The lowest BCUT2D eigenvalue weighted by atomic mass is 10.1. The lowest BCUT2D eigenvalue weighted by Gasteiger charge is -2.28. The summed E-state index contributed by atoms with van der Waals surface area (Å²) >= 11 is 0. The van der Waals surface area contributed by atoms with Crippen molar-refractivity contribution in [3.8, 4) is 23.1 Å². The number of hydrogen-bond donors (Lipinski definition) is 0. The molecule has 0 atom stereocenters. The number of imidazole rings is 1. The Kier molecular flexibility index (Phi) is 4.80. The van der Waals surface area contributed by atoms with Crippen LogP contribution in [0.1, 0.15) is 24.8 Å². The fourth-order valence-corrected chi connectivity index (χ4v) is 4.94. The molecule has 168 valence electrons. The fraction of sp³-hybridized carbons (Fsp3) is 0.222. The summed E-state index contributed by atoms with van der Waals surface area (Å²) in [7, 11) is 2.02. The number of nitrogens with zero attached hydrogens (tertiary/aromatic N) is 6. The van der Waals surface area contributed by atoms with Crippen molar-refractivity contribution in [2.45, 2.75) is 19.3 Å². The van der Waals surface area contributed by atoms with Crippen molar-refractivity contribution in [3.63, 3.8) is 0 Å². The van der Waals surface area contributed by atoms with Gasteiger partial charge in [-0.25, -0.2) is 14.4 Å². The van der Waals surface area contributed by atoms with Crippen LogP contribution in [0.2, 0.25) is 0 Å². The summed E-state index contributed by atoms with van der Waals surface area (Å²) in [5.74, 6) is 0.0481. The first kappa shape index (κ1) is 20.4. The van der Waals surface area contributed by atoms with Gasteiger partial charge in [-0.05, 0) is 67.8 Å². The van der Waals surface area contributed by atoms with E-state index in [1.165, 1.54) is 18.6 Å². The molecule has 0 unspecified atom stereocenters. The summed E-state index contributed by atoms with van der Waals surface area (Å²) < 4.78 is 18.7. The van der Waals surface area contributed by atoms with E-state index in [1.54, 1.807) is 6.07 Å². The van der Waals surface area contributed by atoms with Crippen LogP contribution in [0.25, 0.3) is 39.1 Å². The van der Waals surface area contributed by atoms with E-state index in [-0.39, 0.29) is 5.56 Å². The Bertz CT molecular complexity index is 1580. The molecule has 34 heavy (non-hydrogen) atoms. The highest BCUT2D eigenvalue weighted by atomic mass is 19.1. The van der Waals surface area contributed by atoms with Crippen LogP contribution in [0.15, 0.2) is 60.9 Å². The van der Waals surface area contributed by atoms with E-state index in [1.807, 2.05) is 42.2 Å². The van der Waals surface area contributed by atoms with Crippen LogP contribution in [0.3, 0.4) is 0 Å². The third-order valence-electron chi connectivity index (χ3n) is 6.70. The van der Waals surface area contributed by atoms with Gasteiger partial charge < -0.3 is 9.47 Å². The van der Waals surface area contributed by atoms with Crippen molar-refractivity contribution in [1.82, 2.24) is 19.1 Å². The summed E-state index contributed by atoms with van der Waals surface area (Å²) in [6.45, 7) is 1.98. The van der Waals surface area contributed by atoms with Gasteiger partial charge in [0.2, 0.25) is 0 Å². The van der Waals surface area contributed by atoms with Crippen LogP contribution in [-0.4, -0.2) is 32.2 Å². The van der Waals surface area contributed by atoms with Gasteiger partial charge in [0, 0.05) is 54.7 Å². The second-order valence-electron chi connectivity index (χ2n) is 8.80. The minimum absolute atomic E-state index is 0.0178. The van der Waals surface area contributed by atoms with Gasteiger partial charge >= 0.3 is 0 Å². The first-order valence-electron chi connectivity index (χ1n) is 11.5. The lowest BCUT2D eigenvalue weighted by Crippen LogP contribution is -2.29. The molecule has 0 saturated carbocycles. The van der Waals surface area contributed by atoms with Gasteiger partial charge in [0.05, 0.1) is 11.3 Å². The standard InChI is InChI=1S/C27H23FN6/c1-32-14-10-18-15-21(7-8-23(18)32)34-26(19-5-6-20(17-29)22(28)16-19)31-25-24(9-11-30-27(25)34)33-12-3-2-4-13-33/h5-11,14-16H,2-4,12-13H2,1H3. The molecule has 0 amide bonds. The first-order valence-corrected chi connectivity index (χ1v) is 11.5. The molecule has 6 rings (SSSR count). The number of halogens is 1. The average molecular weight is 451 g/mol. The maximum absolute atomic E-state index is 14.6. The number of pyridine rings is 1. The molecular formula is C27H23FN6. The highest BCUT2D eigenvalue weighted by Crippen LogP contribution is 2.34. The quantitative estimate of drug-likeness (QED) is 0.360. The Morgan fingerprint density at radius 1 is 1.00 bits per heavy atom. The normalized spacial score (nSPS) is 14.1. The zero-order valence-electron chi connectivity index (χ0n) is 18.9. The minimum Gasteiger partial charge on any atom is -0.370 e. The van der Waals surface area contributed by atoms with E-state index < -0.39 is 5.82 Å². The number of rotatable bonds is 3. The number of hydrogen-bond acceptors (Lipinski definition) is 4. The van der Waals surface area contributed by atoms with Crippen LogP contribution in [-0.2, 0) is 7.05 Å². The fourth-order valence-electron chi connectivity index (χ4n) is 4.94. The predicted molar refractivity (Wildman–Crippen MR) is 132 cm³/mol. The predicted octanol–water partition coefficient (Wildman–Crippen LogP) is 5.58. The number of anilines is 1. The summed E-state index contributed by atoms with van der Waals surface area (Å²) in [4.78, 5) is 12.1. The van der Waals surface area contributed by atoms with Gasteiger partial charge in [0.15, 0.2) is 5.65 Å². The Labute approximate surface area is 196 Å². The topological polar surface area (TPSA) is 62.7 Å². The van der Waals surface area contributed by atoms with Gasteiger partial charge in [-0.15, -0.1) is 0 Å². The van der Waals surface area contributed by atoms with Crippen molar-refractivity contribution in [3.05, 3.63) is 72.3 Å². The monoisotopic (exact) mass is 450 g/mol. The molecule has 0 aliphatic carbocycles. The van der Waals surface area contributed by atoms with E-state index in [4.69, 9.17) is 9.97 Å². The molecule has 0 radical (unpaired) electrons. The zero-order valence-corrected chi connectivity index (χ0v) is 18.9. The van der Waals surface area contributed by atoms with Crippen LogP contribution in [0.4, 0.5) is 10.1 Å². The molecule has 0 spiro atoms. The van der Waals surface area contributed by atoms with Gasteiger partial charge in [-0.2, -0.15) is 5.26 Å². The number of benzene rings is 2. The summed E-state index contributed by atoms with van der Waals surface area (Å²) in [6.07, 6.45) is 7.41. The Morgan fingerprint density at radius 3 is 2.65 bits per heavy atom. The zero-order chi connectivity index (χ0) is 23.2. The average Bonchev–Trinajstić information content (AvgIpc) is 3.45. The molecule has 1 aliphatic rings. The molecule has 2 aromatic carbocycles. The van der Waals surface area contributed by atoms with E-state index in [0.29, 0.717) is 11.4 Å². The number of aromatic nitrogens is 4. The molecule has 5 aromatic rings. The second kappa shape index (κ2) is 7.99. The first-order chi connectivity index (χ1) is 16.6. The smallest absolute Gasteiger partial charge is 0.167 e. The molecule has 1 fully saturated rings. The van der Waals surface area contributed by atoms with E-state index in [9.17, 15) is 9.65 Å². The molecule has 6 nitrogen and oxygen atoms in total. The van der Waals surface area contributed by atoms with Gasteiger partial charge in [0.1, 0.15) is 23.2 Å². The molecule has 1 saturated heterocycles. The highest BCUT2D eigenvalue weighted by molar-refractivity contribution is 5.91. The third kappa shape index (κ3) is 3.22. The van der Waals surface area contributed by atoms with Crippen molar-refractivity contribution in [1.29, 1.82) is 5.26 Å². The molecule has 0 bridgehead atoms. The van der Waals surface area contributed by atoms with Gasteiger partial charge in [-0.3, -0.25) is 4.57 Å². The van der Waals surface area contributed by atoms with Crippen LogP contribution in [0.5, 0.6) is 0 Å². The summed E-state index contributed by atoms with van der Waals surface area (Å²) in [5, 5.41) is 10.3. The van der Waals surface area contributed by atoms with Crippen LogP contribution >= 0.6 is 0 Å². The molecule has 7 heteroatoms. The molecule has 4 heterocycles.